The van der Waals surface area contributed by atoms with Gasteiger partial charge in [0.05, 0.1) is 31.7 Å². The highest BCUT2D eigenvalue weighted by molar-refractivity contribution is 8.00. The van der Waals surface area contributed by atoms with Gasteiger partial charge in [-0.05, 0) is 6.26 Å². The Morgan fingerprint density at radius 1 is 1.08 bits per heavy atom. The second-order valence-electron chi connectivity index (χ2n) is 5.31. The van der Waals surface area contributed by atoms with Crippen molar-refractivity contribution in [1.82, 2.24) is 4.90 Å². The van der Waals surface area contributed by atoms with Crippen LogP contribution in [0.25, 0.3) is 0 Å². The standard InChI is InChI=1S/C15H27NO7S/c1-19-6-11(21-3)8-22-9-12(7-20-2)23-10-16-14(17)5-13(24-4)15(16)18/h11-13H,5-10H2,1-4H3. The summed E-state index contributed by atoms with van der Waals surface area (Å²) < 4.78 is 26.5. The molecule has 3 atom stereocenters. The minimum Gasteiger partial charge on any atom is -0.382 e. The Labute approximate surface area is 147 Å². The van der Waals surface area contributed by atoms with Crippen molar-refractivity contribution in [3.05, 3.63) is 0 Å². The highest BCUT2D eigenvalue weighted by atomic mass is 32.2. The van der Waals surface area contributed by atoms with Gasteiger partial charge in [0.1, 0.15) is 18.9 Å². The molecule has 0 aliphatic carbocycles. The van der Waals surface area contributed by atoms with Crippen molar-refractivity contribution in [3.63, 3.8) is 0 Å². The Bertz CT molecular complexity index is 396. The first-order chi connectivity index (χ1) is 11.6. The SMILES string of the molecule is COCC(COCC(COC)OCN1C(=O)CC(SC)C1=O)OC. The predicted octanol–water partition coefficient (Wildman–Crippen LogP) is 0.144. The minimum atomic E-state index is -0.385. The molecule has 1 saturated heterocycles. The molecule has 1 aliphatic heterocycles. The summed E-state index contributed by atoms with van der Waals surface area (Å²) in [4.78, 5) is 25.0. The third kappa shape index (κ3) is 6.66. The Morgan fingerprint density at radius 3 is 2.25 bits per heavy atom. The van der Waals surface area contributed by atoms with Crippen LogP contribution in [0, 0.1) is 0 Å². The molecule has 0 saturated carbocycles. The second-order valence-corrected chi connectivity index (χ2v) is 6.35. The molecule has 24 heavy (non-hydrogen) atoms. The van der Waals surface area contributed by atoms with Crippen LogP contribution in [0.5, 0.6) is 0 Å². The molecule has 0 radical (unpaired) electrons. The molecule has 9 heteroatoms. The van der Waals surface area contributed by atoms with Crippen LogP contribution in [0.3, 0.4) is 0 Å². The molecule has 8 nitrogen and oxygen atoms in total. The van der Waals surface area contributed by atoms with Crippen LogP contribution in [-0.2, 0) is 33.3 Å². The maximum absolute atomic E-state index is 12.0. The van der Waals surface area contributed by atoms with E-state index in [1.807, 2.05) is 6.26 Å². The number of imide groups is 1. The highest BCUT2D eigenvalue weighted by Gasteiger charge is 2.38. The molecule has 3 unspecified atom stereocenters. The maximum atomic E-state index is 12.0. The second kappa shape index (κ2) is 11.8. The summed E-state index contributed by atoms with van der Waals surface area (Å²) in [5.74, 6) is -0.417. The summed E-state index contributed by atoms with van der Waals surface area (Å²) in [6.07, 6.45) is 1.49. The molecular weight excluding hydrogens is 338 g/mol. The van der Waals surface area contributed by atoms with Crippen LogP contribution >= 0.6 is 11.8 Å². The van der Waals surface area contributed by atoms with Gasteiger partial charge in [-0.2, -0.15) is 11.8 Å². The van der Waals surface area contributed by atoms with Crippen LogP contribution in [0.2, 0.25) is 0 Å². The van der Waals surface area contributed by atoms with Crippen LogP contribution in [0.1, 0.15) is 6.42 Å². The summed E-state index contributed by atoms with van der Waals surface area (Å²) in [5, 5.41) is -0.310. The number of carbonyl (C=O) groups excluding carboxylic acids is 2. The summed E-state index contributed by atoms with van der Waals surface area (Å²) in [5.41, 5.74) is 0. The van der Waals surface area contributed by atoms with E-state index < -0.39 is 0 Å². The van der Waals surface area contributed by atoms with E-state index in [0.717, 1.165) is 4.90 Å². The van der Waals surface area contributed by atoms with Gasteiger partial charge in [0, 0.05) is 27.8 Å². The largest absolute Gasteiger partial charge is 0.382 e. The molecule has 1 aliphatic rings. The zero-order chi connectivity index (χ0) is 17.9. The Kier molecular flexibility index (Phi) is 10.5. The van der Waals surface area contributed by atoms with Crippen molar-refractivity contribution in [3.8, 4) is 0 Å². The third-order valence-electron chi connectivity index (χ3n) is 3.57. The van der Waals surface area contributed by atoms with Crippen LogP contribution in [0.4, 0.5) is 0 Å². The average molecular weight is 365 g/mol. The van der Waals surface area contributed by atoms with E-state index in [1.54, 1.807) is 21.3 Å². The fraction of sp³-hybridized carbons (Fsp3) is 0.867. The molecular formula is C15H27NO7S. The van der Waals surface area contributed by atoms with Crippen molar-refractivity contribution in [2.24, 2.45) is 0 Å². The molecule has 140 valence electrons. The number of hydrogen-bond acceptors (Lipinski definition) is 8. The smallest absolute Gasteiger partial charge is 0.244 e. The van der Waals surface area contributed by atoms with Gasteiger partial charge in [0.15, 0.2) is 0 Å². The summed E-state index contributed by atoms with van der Waals surface area (Å²) in [6, 6.07) is 0. The lowest BCUT2D eigenvalue weighted by molar-refractivity contribution is -0.151. The molecule has 0 N–H and O–H groups in total. The van der Waals surface area contributed by atoms with Crippen molar-refractivity contribution in [1.29, 1.82) is 0 Å². The van der Waals surface area contributed by atoms with Crippen molar-refractivity contribution in [2.45, 2.75) is 23.9 Å². The number of amides is 2. The van der Waals surface area contributed by atoms with Crippen LogP contribution in [0.15, 0.2) is 0 Å². The number of nitrogens with zero attached hydrogens (tertiary/aromatic N) is 1. The molecule has 1 fully saturated rings. The minimum absolute atomic E-state index is 0.0854. The van der Waals surface area contributed by atoms with Gasteiger partial charge in [-0.25, -0.2) is 0 Å². The molecule has 0 aromatic heterocycles. The average Bonchev–Trinajstić information content (AvgIpc) is 2.85. The van der Waals surface area contributed by atoms with Gasteiger partial charge < -0.3 is 23.7 Å². The molecule has 0 aromatic carbocycles. The van der Waals surface area contributed by atoms with Gasteiger partial charge in [-0.3, -0.25) is 14.5 Å². The molecule has 0 aromatic rings. The highest BCUT2D eigenvalue weighted by Crippen LogP contribution is 2.23. The van der Waals surface area contributed by atoms with Gasteiger partial charge in [0.2, 0.25) is 11.8 Å². The van der Waals surface area contributed by atoms with Gasteiger partial charge >= 0.3 is 0 Å². The van der Waals surface area contributed by atoms with E-state index in [2.05, 4.69) is 0 Å². The quantitative estimate of drug-likeness (QED) is 0.426. The first-order valence-electron chi connectivity index (χ1n) is 7.64. The van der Waals surface area contributed by atoms with Crippen LogP contribution in [-0.4, -0.2) is 94.9 Å². The van der Waals surface area contributed by atoms with E-state index in [1.165, 1.54) is 11.8 Å². The lowest BCUT2D eigenvalue weighted by Crippen LogP contribution is -2.38. The van der Waals surface area contributed by atoms with E-state index in [-0.39, 0.29) is 49.0 Å². The van der Waals surface area contributed by atoms with E-state index >= 15 is 0 Å². The van der Waals surface area contributed by atoms with Gasteiger partial charge in [0.25, 0.3) is 0 Å². The normalized spacial score (nSPS) is 20.7. The van der Waals surface area contributed by atoms with Crippen molar-refractivity contribution in [2.75, 3.05) is 60.7 Å². The first-order valence-corrected chi connectivity index (χ1v) is 8.93. The molecule has 0 bridgehead atoms. The maximum Gasteiger partial charge on any atom is 0.244 e. The fourth-order valence-corrected chi connectivity index (χ4v) is 2.82. The van der Waals surface area contributed by atoms with Gasteiger partial charge in [-0.1, -0.05) is 0 Å². The number of hydrogen-bond donors (Lipinski definition) is 0. The van der Waals surface area contributed by atoms with Crippen molar-refractivity contribution >= 4 is 23.6 Å². The van der Waals surface area contributed by atoms with E-state index in [9.17, 15) is 9.59 Å². The van der Waals surface area contributed by atoms with Gasteiger partial charge in [-0.15, -0.1) is 0 Å². The number of methoxy groups -OCH3 is 3. The van der Waals surface area contributed by atoms with E-state index in [0.29, 0.717) is 19.8 Å². The fourth-order valence-electron chi connectivity index (χ4n) is 2.18. The number of ether oxygens (including phenoxy) is 5. The first kappa shape index (κ1) is 21.3. The zero-order valence-corrected chi connectivity index (χ0v) is 15.5. The summed E-state index contributed by atoms with van der Waals surface area (Å²) in [7, 11) is 4.73. The Hall–Kier alpha value is -0.710. The Balaban J connectivity index is 2.40. The number of thioether (sulfide) groups is 1. The summed E-state index contributed by atoms with van der Waals surface area (Å²) in [6.45, 7) is 1.25. The lowest BCUT2D eigenvalue weighted by atomic mass is 10.4. The van der Waals surface area contributed by atoms with Crippen LogP contribution < -0.4 is 0 Å². The molecule has 1 heterocycles. The molecule has 2 amide bonds. The lowest BCUT2D eigenvalue weighted by Gasteiger charge is -2.22. The van der Waals surface area contributed by atoms with Crippen molar-refractivity contribution < 1.29 is 33.3 Å². The number of rotatable bonds is 13. The zero-order valence-electron chi connectivity index (χ0n) is 14.7. The third-order valence-corrected chi connectivity index (χ3v) is 4.51. The molecule has 0 spiro atoms. The summed E-state index contributed by atoms with van der Waals surface area (Å²) >= 11 is 1.37. The monoisotopic (exact) mass is 365 g/mol. The predicted molar refractivity (Wildman–Crippen MR) is 88.9 cm³/mol. The number of likely N-dealkylation sites (tertiary alicyclic amines) is 1. The Morgan fingerprint density at radius 2 is 1.71 bits per heavy atom. The topological polar surface area (TPSA) is 83.5 Å². The molecule has 1 rings (SSSR count). The number of carbonyl (C=O) groups is 2. The van der Waals surface area contributed by atoms with E-state index in [4.69, 9.17) is 23.7 Å².